The molecule has 0 radical (unpaired) electrons. The summed E-state index contributed by atoms with van der Waals surface area (Å²) >= 11 is 3.47. The van der Waals surface area contributed by atoms with Crippen LogP contribution in [-0.4, -0.2) is 33.4 Å². The van der Waals surface area contributed by atoms with Crippen molar-refractivity contribution in [2.24, 2.45) is 0 Å². The second-order valence-electron chi connectivity index (χ2n) is 5.47. The maximum absolute atomic E-state index is 12.2. The number of thiazole rings is 1. The lowest BCUT2D eigenvalue weighted by Gasteiger charge is -2.23. The number of carbonyl (C=O) groups is 1. The van der Waals surface area contributed by atoms with E-state index in [1.165, 1.54) is 32.1 Å². The summed E-state index contributed by atoms with van der Waals surface area (Å²) in [6.07, 6.45) is 6.22. The summed E-state index contributed by atoms with van der Waals surface area (Å²) < 4.78 is 2.19. The summed E-state index contributed by atoms with van der Waals surface area (Å²) in [6, 6.07) is 0.595. The van der Waals surface area contributed by atoms with Crippen LogP contribution in [0.15, 0.2) is 0 Å². The minimum Gasteiger partial charge on any atom is -0.359 e. The van der Waals surface area contributed by atoms with Crippen molar-refractivity contribution in [2.75, 3.05) is 17.6 Å². The van der Waals surface area contributed by atoms with Crippen molar-refractivity contribution in [3.8, 4) is 0 Å². The Bertz CT molecular complexity index is 485. The minimum absolute atomic E-state index is 0.175. The molecule has 0 spiro atoms. The number of unbranched alkanes of at least 4 members (excludes halogenated alkanes) is 2. The van der Waals surface area contributed by atoms with Gasteiger partial charge >= 0.3 is 0 Å². The Hall–Kier alpha value is -0.590. The molecule has 2 aliphatic rings. The molecule has 1 fully saturated rings. The molecule has 1 N–H and O–H groups in total. The summed E-state index contributed by atoms with van der Waals surface area (Å²) in [6.45, 7) is 3.59. The number of carbonyl (C=O) groups excluding carboxylic acids is 1. The van der Waals surface area contributed by atoms with Crippen molar-refractivity contribution in [3.05, 3.63) is 10.6 Å². The zero-order valence-electron chi connectivity index (χ0n) is 11.9. The Morgan fingerprint density at radius 3 is 3.00 bits per heavy atom. The first kappa shape index (κ1) is 14.4. The van der Waals surface area contributed by atoms with Gasteiger partial charge in [-0.2, -0.15) is 0 Å². The van der Waals surface area contributed by atoms with Crippen LogP contribution in [0.25, 0.3) is 0 Å². The molecule has 0 atom stereocenters. The van der Waals surface area contributed by atoms with Gasteiger partial charge in [0.05, 0.1) is 11.4 Å². The van der Waals surface area contributed by atoms with Crippen LogP contribution < -0.4 is 5.32 Å². The first-order chi connectivity index (χ1) is 9.76. The Balaban J connectivity index is 1.58. The number of nitrogens with zero attached hydrogens (tertiary/aromatic N) is 2. The van der Waals surface area contributed by atoms with E-state index in [1.54, 1.807) is 11.3 Å². The number of Topliss-reactive ketones (excluding diaryl/α,β-unsaturated/α-hetero) is 1. The van der Waals surface area contributed by atoms with E-state index in [2.05, 4.69) is 21.5 Å². The Kier molecular flexibility index (Phi) is 4.63. The average Bonchev–Trinajstić information content (AvgIpc) is 3.13. The highest BCUT2D eigenvalue weighted by Gasteiger charge is 2.29. The number of hydrogen-bond acceptors (Lipinski definition) is 6. The number of rotatable bonds is 7. The predicted octanol–water partition coefficient (Wildman–Crippen LogP) is 3.55. The van der Waals surface area contributed by atoms with E-state index in [4.69, 9.17) is 0 Å². The first-order valence-corrected chi connectivity index (χ1v) is 9.19. The van der Waals surface area contributed by atoms with Gasteiger partial charge in [-0.15, -0.1) is 0 Å². The fourth-order valence-corrected chi connectivity index (χ4v) is 4.40. The Labute approximate surface area is 128 Å². The summed E-state index contributed by atoms with van der Waals surface area (Å²) in [5, 5.41) is 4.33. The van der Waals surface area contributed by atoms with Gasteiger partial charge in [0.15, 0.2) is 10.9 Å². The maximum atomic E-state index is 12.2. The first-order valence-electron chi connectivity index (χ1n) is 7.43. The van der Waals surface area contributed by atoms with Gasteiger partial charge in [-0.05, 0) is 19.3 Å². The van der Waals surface area contributed by atoms with Crippen LogP contribution in [-0.2, 0) is 6.54 Å². The van der Waals surface area contributed by atoms with Crippen LogP contribution in [0.5, 0.6) is 0 Å². The molecular formula is C14H21N3OS2. The summed E-state index contributed by atoms with van der Waals surface area (Å²) in [7, 11) is 0. The van der Waals surface area contributed by atoms with E-state index in [9.17, 15) is 4.79 Å². The van der Waals surface area contributed by atoms with E-state index < -0.39 is 0 Å². The standard InChI is InChI=1S/C14H21N3OS2/c1-2-3-4-7-19-17-8-11(18)13-12(9-17)20-14(16-13)15-10-5-6-10/h10H,2-9H2,1H3,(H,15,16). The maximum Gasteiger partial charge on any atom is 0.197 e. The van der Waals surface area contributed by atoms with Crippen molar-refractivity contribution in [3.63, 3.8) is 0 Å². The largest absolute Gasteiger partial charge is 0.359 e. The molecule has 0 saturated heterocycles. The molecule has 1 aromatic rings. The van der Waals surface area contributed by atoms with E-state index in [0.717, 1.165) is 22.3 Å². The molecule has 1 saturated carbocycles. The third kappa shape index (κ3) is 3.54. The van der Waals surface area contributed by atoms with Crippen molar-refractivity contribution in [1.29, 1.82) is 0 Å². The molecule has 0 amide bonds. The third-order valence-electron chi connectivity index (χ3n) is 3.53. The quantitative estimate of drug-likeness (QED) is 0.616. The van der Waals surface area contributed by atoms with Crippen LogP contribution in [0, 0.1) is 0 Å². The molecule has 1 aliphatic heterocycles. The normalized spacial score (nSPS) is 19.1. The highest BCUT2D eigenvalue weighted by atomic mass is 32.2. The van der Waals surface area contributed by atoms with Crippen molar-refractivity contribution >= 4 is 34.2 Å². The second kappa shape index (κ2) is 6.45. The fourth-order valence-electron chi connectivity index (χ4n) is 2.23. The number of aromatic nitrogens is 1. The number of ketones is 1. The van der Waals surface area contributed by atoms with E-state index in [0.29, 0.717) is 18.3 Å². The molecule has 1 aromatic heterocycles. The van der Waals surface area contributed by atoms with E-state index in [-0.39, 0.29) is 5.78 Å². The van der Waals surface area contributed by atoms with Crippen LogP contribution in [0.1, 0.15) is 54.4 Å². The highest BCUT2D eigenvalue weighted by Crippen LogP contribution is 2.33. The smallest absolute Gasteiger partial charge is 0.197 e. The summed E-state index contributed by atoms with van der Waals surface area (Å²) in [5.74, 6) is 1.29. The van der Waals surface area contributed by atoms with Crippen LogP contribution in [0.4, 0.5) is 5.13 Å². The average molecular weight is 311 g/mol. The molecule has 4 nitrogen and oxygen atoms in total. The van der Waals surface area contributed by atoms with Crippen LogP contribution in [0.2, 0.25) is 0 Å². The van der Waals surface area contributed by atoms with E-state index in [1.807, 2.05) is 11.9 Å². The molecule has 1 aliphatic carbocycles. The van der Waals surface area contributed by atoms with E-state index >= 15 is 0 Å². The summed E-state index contributed by atoms with van der Waals surface area (Å²) in [4.78, 5) is 17.8. The molecular weight excluding hydrogens is 290 g/mol. The zero-order valence-corrected chi connectivity index (χ0v) is 13.5. The molecule has 0 bridgehead atoms. The second-order valence-corrected chi connectivity index (χ2v) is 7.74. The number of hydrogen-bond donors (Lipinski definition) is 1. The molecule has 0 aromatic carbocycles. The van der Waals surface area contributed by atoms with Gasteiger partial charge in [0, 0.05) is 18.3 Å². The van der Waals surface area contributed by atoms with Gasteiger partial charge in [0.1, 0.15) is 5.69 Å². The van der Waals surface area contributed by atoms with Gasteiger partial charge in [-0.1, -0.05) is 43.1 Å². The zero-order chi connectivity index (χ0) is 13.9. The predicted molar refractivity (Wildman–Crippen MR) is 85.5 cm³/mol. The lowest BCUT2D eigenvalue weighted by Crippen LogP contribution is -2.29. The number of fused-ring (bicyclic) bond motifs is 1. The third-order valence-corrected chi connectivity index (χ3v) is 5.59. The highest BCUT2D eigenvalue weighted by molar-refractivity contribution is 7.97. The summed E-state index contributed by atoms with van der Waals surface area (Å²) in [5.41, 5.74) is 0.712. The van der Waals surface area contributed by atoms with Crippen molar-refractivity contribution in [1.82, 2.24) is 9.29 Å². The molecule has 20 heavy (non-hydrogen) atoms. The fraction of sp³-hybridized carbons (Fsp3) is 0.714. The van der Waals surface area contributed by atoms with Gasteiger partial charge in [0.2, 0.25) is 0 Å². The minimum atomic E-state index is 0.175. The molecule has 0 unspecified atom stereocenters. The van der Waals surface area contributed by atoms with Gasteiger partial charge < -0.3 is 5.32 Å². The monoisotopic (exact) mass is 311 g/mol. The molecule has 2 heterocycles. The Morgan fingerprint density at radius 1 is 1.40 bits per heavy atom. The lowest BCUT2D eigenvalue weighted by molar-refractivity contribution is 0.0951. The molecule has 3 rings (SSSR count). The Morgan fingerprint density at radius 2 is 2.25 bits per heavy atom. The van der Waals surface area contributed by atoms with Gasteiger partial charge in [-0.3, -0.25) is 4.79 Å². The SMILES string of the molecule is CCCCCSN1CC(=O)c2nc(NC3CC3)sc2C1. The lowest BCUT2D eigenvalue weighted by atomic mass is 10.2. The number of nitrogens with one attached hydrogen (secondary N) is 1. The number of anilines is 1. The van der Waals surface area contributed by atoms with Crippen molar-refractivity contribution in [2.45, 2.75) is 51.6 Å². The topological polar surface area (TPSA) is 45.2 Å². The van der Waals surface area contributed by atoms with Crippen molar-refractivity contribution < 1.29 is 4.79 Å². The van der Waals surface area contributed by atoms with Crippen LogP contribution >= 0.6 is 23.3 Å². The van der Waals surface area contributed by atoms with Gasteiger partial charge in [-0.25, -0.2) is 9.29 Å². The molecule has 110 valence electrons. The molecule has 6 heteroatoms. The van der Waals surface area contributed by atoms with Gasteiger partial charge in [0.25, 0.3) is 0 Å². The van der Waals surface area contributed by atoms with Crippen LogP contribution in [0.3, 0.4) is 0 Å².